The first-order chi connectivity index (χ1) is 53.1. The molecule has 0 saturated carbocycles. The Morgan fingerprint density at radius 1 is 0.351 bits per heavy atom. The van der Waals surface area contributed by atoms with Crippen LogP contribution in [-0.2, 0) is 141 Å². The van der Waals surface area contributed by atoms with Gasteiger partial charge in [-0.2, -0.15) is 0 Å². The Morgan fingerprint density at radius 2 is 0.757 bits per heavy atom. The Labute approximate surface area is 705 Å². The third-order valence-corrected chi connectivity index (χ3v) is 31.8. The van der Waals surface area contributed by atoms with Gasteiger partial charge in [-0.3, -0.25) is 9.59 Å². The number of ether oxygens (including phenoxy) is 3. The van der Waals surface area contributed by atoms with Gasteiger partial charge in [0.25, 0.3) is 0 Å². The van der Waals surface area contributed by atoms with Crippen molar-refractivity contribution in [1.29, 1.82) is 0 Å². The number of rotatable bonds is 5. The summed E-state index contributed by atoms with van der Waals surface area (Å²) in [5, 5.41) is 0. The fourth-order valence-corrected chi connectivity index (χ4v) is 25.7. The number of benzene rings is 8. The van der Waals surface area contributed by atoms with E-state index in [0.717, 1.165) is 67.0 Å². The number of fused-ring (bicyclic) bond motifs is 12. The van der Waals surface area contributed by atoms with E-state index in [-0.39, 0.29) is 34.9 Å². The number of methoxy groups -OCH3 is 3. The molecule has 0 bridgehead atoms. The van der Waals surface area contributed by atoms with Crippen LogP contribution in [0.4, 0.5) is 0 Å². The van der Waals surface area contributed by atoms with Crippen LogP contribution in [0.5, 0.6) is 0 Å². The van der Waals surface area contributed by atoms with Crippen molar-refractivity contribution < 1.29 is 23.8 Å². The largest absolute Gasteiger partial charge is 0.376 e. The highest BCUT2D eigenvalue weighted by molar-refractivity contribution is 9.11. The molecular formula is C101H115Br5O5. The highest BCUT2D eigenvalue weighted by Crippen LogP contribution is 2.53. The number of carbonyl (C=O) groups is 2. The minimum Gasteiger partial charge on any atom is -0.376 e. The quantitative estimate of drug-likeness (QED) is 0.172. The summed E-state index contributed by atoms with van der Waals surface area (Å²) in [4.78, 5) is 23.9. The van der Waals surface area contributed by atoms with E-state index in [2.05, 4.69) is 234 Å². The molecule has 8 atom stereocenters. The number of hydrogen-bond donors (Lipinski definition) is 0. The second kappa shape index (κ2) is 32.9. The number of aryl methyl sites for hydroxylation is 5. The smallest absolute Gasteiger partial charge is 0.167 e. The van der Waals surface area contributed by atoms with Gasteiger partial charge in [-0.25, -0.2) is 0 Å². The molecule has 0 aliphatic heterocycles. The molecule has 0 N–H and O–H groups in total. The topological polar surface area (TPSA) is 61.8 Å². The van der Waals surface area contributed by atoms with Crippen LogP contribution >= 0.6 is 79.6 Å². The van der Waals surface area contributed by atoms with E-state index in [1.807, 2.05) is 35.2 Å². The minimum atomic E-state index is 0.144. The summed E-state index contributed by atoms with van der Waals surface area (Å²) in [5.74, 6) is 2.77. The lowest BCUT2D eigenvalue weighted by Crippen LogP contribution is -2.10. The molecule has 0 radical (unpaired) electrons. The van der Waals surface area contributed by atoms with E-state index >= 15 is 0 Å². The van der Waals surface area contributed by atoms with Crippen LogP contribution < -0.4 is 0 Å². The van der Waals surface area contributed by atoms with Crippen LogP contribution in [0, 0.1) is 29.6 Å². The lowest BCUT2D eigenvalue weighted by atomic mass is 9.84. The van der Waals surface area contributed by atoms with Gasteiger partial charge in [0.15, 0.2) is 11.6 Å². The number of allylic oxidation sites excluding steroid dienone is 1. The Morgan fingerprint density at radius 3 is 1.31 bits per heavy atom. The van der Waals surface area contributed by atoms with E-state index < -0.39 is 0 Å². The number of halogens is 5. The fourth-order valence-electron chi connectivity index (χ4n) is 21.4. The van der Waals surface area contributed by atoms with Gasteiger partial charge in [-0.15, -0.1) is 0 Å². The molecule has 8 aromatic carbocycles. The maximum atomic E-state index is 12.1. The van der Waals surface area contributed by atoms with Gasteiger partial charge in [0, 0.05) is 66.7 Å². The summed E-state index contributed by atoms with van der Waals surface area (Å²) in [7, 11) is 5.52. The van der Waals surface area contributed by atoms with Crippen LogP contribution in [0.25, 0.3) is 28.3 Å². The van der Waals surface area contributed by atoms with Crippen molar-refractivity contribution in [3.05, 3.63) is 251 Å². The number of ketones is 2. The molecule has 5 nitrogen and oxygen atoms in total. The van der Waals surface area contributed by atoms with Gasteiger partial charge >= 0.3 is 0 Å². The zero-order chi connectivity index (χ0) is 78.5. The summed E-state index contributed by atoms with van der Waals surface area (Å²) in [6.45, 7) is 26.9. The molecule has 0 heterocycles. The van der Waals surface area contributed by atoms with Gasteiger partial charge in [0.05, 0.1) is 18.3 Å². The third-order valence-electron chi connectivity index (χ3n) is 27.1. The predicted octanol–water partition coefficient (Wildman–Crippen LogP) is 27.1. The second-order valence-electron chi connectivity index (χ2n) is 36.9. The summed E-state index contributed by atoms with van der Waals surface area (Å²) in [6.07, 6.45) is 31.7. The molecule has 20 rings (SSSR count). The summed E-state index contributed by atoms with van der Waals surface area (Å²) in [6, 6.07) is 30.4. The molecule has 0 amide bonds. The van der Waals surface area contributed by atoms with Gasteiger partial charge in [0.1, 0.15) is 0 Å². The third kappa shape index (κ3) is 15.4. The average Bonchev–Trinajstić information content (AvgIpc) is 1.79. The Balaban J connectivity index is 0.000000107. The van der Waals surface area contributed by atoms with Crippen molar-refractivity contribution >= 4 is 97.3 Å². The molecule has 8 unspecified atom stereocenters. The Bertz CT molecular complexity index is 5040. The van der Waals surface area contributed by atoms with Crippen molar-refractivity contribution in [3.63, 3.8) is 0 Å². The summed E-state index contributed by atoms with van der Waals surface area (Å²) >= 11 is 18.8. The maximum absolute atomic E-state index is 12.1. The van der Waals surface area contributed by atoms with Crippen LogP contribution in [0.3, 0.4) is 0 Å². The van der Waals surface area contributed by atoms with Crippen LogP contribution in [0.2, 0.25) is 0 Å². The molecule has 0 aromatic heterocycles. The summed E-state index contributed by atoms with van der Waals surface area (Å²) < 4.78 is 23.5. The van der Waals surface area contributed by atoms with Gasteiger partial charge in [-0.1, -0.05) is 224 Å². The molecule has 0 fully saturated rings. The number of Topliss-reactive ketones (excluding diaryl/α,β-unsaturated/α-hetero) is 2. The molecule has 584 valence electrons. The second-order valence-corrected chi connectivity index (χ2v) is 40.9. The van der Waals surface area contributed by atoms with Crippen molar-refractivity contribution in [3.8, 4) is 22.3 Å². The Hall–Kier alpha value is -4.88. The molecule has 10 heteroatoms. The molecule has 12 aliphatic carbocycles. The zero-order valence-corrected chi connectivity index (χ0v) is 76.5. The molecular weight excluding hydrogens is 1690 g/mol. The van der Waals surface area contributed by atoms with Crippen LogP contribution in [0.1, 0.15) is 294 Å². The Kier molecular flexibility index (Phi) is 24.1. The minimum absolute atomic E-state index is 0.144. The average molecular weight is 1810 g/mol. The first-order valence-electron chi connectivity index (χ1n) is 42.0. The van der Waals surface area contributed by atoms with Crippen molar-refractivity contribution in [2.24, 2.45) is 29.6 Å². The lowest BCUT2D eigenvalue weighted by molar-refractivity contribution is 0.0690. The van der Waals surface area contributed by atoms with Crippen molar-refractivity contribution in [2.75, 3.05) is 21.3 Å². The van der Waals surface area contributed by atoms with Gasteiger partial charge < -0.3 is 14.2 Å². The molecule has 0 spiro atoms. The molecule has 0 saturated heterocycles. The number of hydrogen-bond acceptors (Lipinski definition) is 5. The van der Waals surface area contributed by atoms with E-state index in [9.17, 15) is 9.59 Å². The van der Waals surface area contributed by atoms with Crippen molar-refractivity contribution in [1.82, 2.24) is 0 Å². The van der Waals surface area contributed by atoms with Gasteiger partial charge in [-0.05, 0) is 367 Å². The van der Waals surface area contributed by atoms with E-state index in [1.165, 1.54) is 232 Å². The predicted molar refractivity (Wildman–Crippen MR) is 477 cm³/mol. The van der Waals surface area contributed by atoms with E-state index in [1.54, 1.807) is 50.1 Å². The molecule has 8 aromatic rings. The normalized spacial score (nSPS) is 22.5. The molecule has 12 aliphatic rings. The van der Waals surface area contributed by atoms with Crippen LogP contribution in [-0.4, -0.2) is 32.9 Å². The SMILES string of the molecule is CC1=Cc2cc3c(c(-c4ccc(C(C)(C)C)cc4)c2C1)CCC3.CC1Cc2c(Br)c3c(c(Br)c2C1=O)CCC3.CC1Cc2cc3c(cc2C1=O)CCC3.COC1c2c(Br)c3c(c(Br)c2CC1C)CCC3.COC1c2cc3c(c(-c4ccc(C(C)(C)C)cc4)c2CC1C)CCC3.COC1c2cc3c(c(Br)c2CC1C)CCC3. The van der Waals surface area contributed by atoms with Crippen LogP contribution in [0.15, 0.2) is 107 Å². The highest BCUT2D eigenvalue weighted by atomic mass is 79.9. The summed E-state index contributed by atoms with van der Waals surface area (Å²) in [5.41, 5.74) is 45.1. The number of carbonyl (C=O) groups excluding carboxylic acids is 2. The first-order valence-corrected chi connectivity index (χ1v) is 45.9. The van der Waals surface area contributed by atoms with E-state index in [0.29, 0.717) is 35.4 Å². The lowest BCUT2D eigenvalue weighted by Gasteiger charge is -2.21. The monoisotopic (exact) mass is 1800 g/mol. The molecule has 111 heavy (non-hydrogen) atoms. The van der Waals surface area contributed by atoms with E-state index in [4.69, 9.17) is 14.2 Å². The zero-order valence-electron chi connectivity index (χ0n) is 68.6. The standard InChI is InChI=1S/C24H30O.C23H26.C14H16Br2O.C14H17BrO.C13H12Br2O.C13H14O/c1-15-13-20-21(23(15)25-5)14-17-7-6-8-19(17)22(20)16-9-11-18(12-10-16)24(2,3)4;1-15-12-18-14-17-6-5-7-20(17)22(21(18)13-15)16-8-10-19(11-9-16)23(2,3)4;1-7-6-10-11(14(7)17-2)13(16)9-5-3-4-8(9)12(10)15;1-8-6-11-12(14(8)16-2)7-9-4-3-5-10(9)13(11)15;1-6-5-9-10(13(6)16)12(15)8-4-2-3-7(8)11(9)14;1-8-5-11-6-9-3-2-4-10(9)7-12(11)13(8)14/h9-12,14-15,23H,6-8,13H2,1-5H3;8-12,14H,5-7,13H2,1-4H3;7,14H,3-6H2,1-2H3;7-8,14H,3-6H2,1-2H3;6H,2-5H2,1H3;6-8H,2-5H2,1H3. The van der Waals surface area contributed by atoms with Crippen molar-refractivity contribution in [2.45, 2.75) is 266 Å². The fraction of sp³-hybridized carbons (Fsp3) is 0.485. The maximum Gasteiger partial charge on any atom is 0.167 e. The first kappa shape index (κ1) is 81.3. The highest BCUT2D eigenvalue weighted by Gasteiger charge is 2.40. The van der Waals surface area contributed by atoms with Gasteiger partial charge in [0.2, 0.25) is 0 Å².